The number of amides is 1. The predicted molar refractivity (Wildman–Crippen MR) is 44.1 cm³/mol. The Bertz CT molecular complexity index is 358. The SMILES string of the molecule is NC(=O)C1=CN(C(F)(F)C(F)(F)F)CC=C1. The Balaban J connectivity index is 3.00. The molecule has 1 amide bonds. The Morgan fingerprint density at radius 3 is 2.31 bits per heavy atom. The second-order valence-corrected chi connectivity index (χ2v) is 3.04. The van der Waals surface area contributed by atoms with E-state index in [4.69, 9.17) is 5.73 Å². The summed E-state index contributed by atoms with van der Waals surface area (Å²) in [5.41, 5.74) is 4.36. The standard InChI is InChI=1S/C8H7F5N2O/c9-7(10,11)8(12,13)15-3-1-2-5(4-15)6(14)16/h1-2,4H,3H2,(H2,14,16). The van der Waals surface area contributed by atoms with Crippen molar-refractivity contribution in [2.24, 2.45) is 5.73 Å². The number of hydrogen-bond acceptors (Lipinski definition) is 2. The maximum atomic E-state index is 12.8. The van der Waals surface area contributed by atoms with Gasteiger partial charge in [-0.1, -0.05) is 12.2 Å². The molecular formula is C8H7F5N2O. The summed E-state index contributed by atoms with van der Waals surface area (Å²) in [4.78, 5) is 10.3. The van der Waals surface area contributed by atoms with Gasteiger partial charge in [0.15, 0.2) is 0 Å². The van der Waals surface area contributed by atoms with Gasteiger partial charge >= 0.3 is 12.2 Å². The fourth-order valence-electron chi connectivity index (χ4n) is 1.06. The first-order chi connectivity index (χ1) is 7.16. The van der Waals surface area contributed by atoms with Crippen LogP contribution >= 0.6 is 0 Å². The summed E-state index contributed by atoms with van der Waals surface area (Å²) in [7, 11) is 0. The summed E-state index contributed by atoms with van der Waals surface area (Å²) in [5, 5.41) is 0. The first-order valence-corrected chi connectivity index (χ1v) is 4.05. The van der Waals surface area contributed by atoms with E-state index in [1.165, 1.54) is 0 Å². The minimum Gasteiger partial charge on any atom is -0.366 e. The lowest BCUT2D eigenvalue weighted by Gasteiger charge is -2.32. The zero-order chi connectivity index (χ0) is 12.6. The molecule has 0 aromatic rings. The molecule has 1 rings (SSSR count). The smallest absolute Gasteiger partial charge is 0.366 e. The molecule has 1 heterocycles. The van der Waals surface area contributed by atoms with Crippen molar-refractivity contribution in [3.63, 3.8) is 0 Å². The van der Waals surface area contributed by atoms with Gasteiger partial charge in [-0.3, -0.25) is 4.79 Å². The van der Waals surface area contributed by atoms with Crippen molar-refractivity contribution in [3.05, 3.63) is 23.9 Å². The Morgan fingerprint density at radius 2 is 1.88 bits per heavy atom. The van der Waals surface area contributed by atoms with Crippen LogP contribution in [-0.4, -0.2) is 29.6 Å². The first kappa shape index (κ1) is 12.5. The second-order valence-electron chi connectivity index (χ2n) is 3.04. The van der Waals surface area contributed by atoms with Crippen LogP contribution < -0.4 is 5.73 Å². The van der Waals surface area contributed by atoms with Gasteiger partial charge in [0.1, 0.15) is 0 Å². The van der Waals surface area contributed by atoms with Gasteiger partial charge in [0.2, 0.25) is 5.91 Å². The molecule has 0 aromatic heterocycles. The molecule has 0 radical (unpaired) electrons. The van der Waals surface area contributed by atoms with Crippen molar-refractivity contribution in [2.75, 3.05) is 6.54 Å². The lowest BCUT2D eigenvalue weighted by molar-refractivity contribution is -0.330. The molecule has 0 unspecified atom stereocenters. The van der Waals surface area contributed by atoms with Gasteiger partial charge < -0.3 is 10.6 Å². The molecule has 90 valence electrons. The minimum absolute atomic E-state index is 0.285. The van der Waals surface area contributed by atoms with Crippen LogP contribution in [0.1, 0.15) is 0 Å². The lowest BCUT2D eigenvalue weighted by Crippen LogP contribution is -2.50. The highest BCUT2D eigenvalue weighted by Gasteiger charge is 2.61. The number of primary amides is 1. The molecule has 0 atom stereocenters. The quantitative estimate of drug-likeness (QED) is 0.587. The summed E-state index contributed by atoms with van der Waals surface area (Å²) in [6.07, 6.45) is -3.22. The lowest BCUT2D eigenvalue weighted by atomic mass is 10.2. The van der Waals surface area contributed by atoms with Crippen molar-refractivity contribution in [1.29, 1.82) is 0 Å². The normalized spacial score (nSPS) is 17.3. The third-order valence-electron chi connectivity index (χ3n) is 1.88. The van der Waals surface area contributed by atoms with E-state index in [-0.39, 0.29) is 4.90 Å². The molecule has 1 aliphatic heterocycles. The van der Waals surface area contributed by atoms with E-state index >= 15 is 0 Å². The van der Waals surface area contributed by atoms with Crippen molar-refractivity contribution in [2.45, 2.75) is 12.2 Å². The molecule has 0 fully saturated rings. The first-order valence-electron chi connectivity index (χ1n) is 4.05. The fraction of sp³-hybridized carbons (Fsp3) is 0.375. The Labute approximate surface area is 87.0 Å². The van der Waals surface area contributed by atoms with Gasteiger partial charge in [-0.15, -0.1) is 0 Å². The third kappa shape index (κ3) is 2.15. The maximum absolute atomic E-state index is 12.8. The number of carbonyl (C=O) groups excluding carboxylic acids is 1. The van der Waals surface area contributed by atoms with Crippen molar-refractivity contribution < 1.29 is 26.7 Å². The summed E-state index contributed by atoms with van der Waals surface area (Å²) in [5.74, 6) is -1.07. The number of carbonyl (C=O) groups is 1. The molecule has 0 aromatic carbocycles. The highest BCUT2D eigenvalue weighted by Crippen LogP contribution is 2.39. The van der Waals surface area contributed by atoms with Crippen LogP contribution in [0.3, 0.4) is 0 Å². The largest absolute Gasteiger partial charge is 0.475 e. The number of nitrogens with zero attached hydrogens (tertiary/aromatic N) is 1. The molecule has 3 nitrogen and oxygen atoms in total. The van der Waals surface area contributed by atoms with E-state index in [2.05, 4.69) is 0 Å². The average Bonchev–Trinajstić information content (AvgIpc) is 2.16. The van der Waals surface area contributed by atoms with E-state index < -0.39 is 30.2 Å². The minimum atomic E-state index is -5.71. The monoisotopic (exact) mass is 242 g/mol. The molecule has 2 N–H and O–H groups in total. The van der Waals surface area contributed by atoms with Gasteiger partial charge in [-0.05, 0) is 0 Å². The van der Waals surface area contributed by atoms with Gasteiger partial charge in [0.25, 0.3) is 0 Å². The van der Waals surface area contributed by atoms with Crippen LogP contribution in [0.5, 0.6) is 0 Å². The van der Waals surface area contributed by atoms with E-state index in [1.54, 1.807) is 0 Å². The van der Waals surface area contributed by atoms with E-state index in [9.17, 15) is 26.7 Å². The molecule has 0 bridgehead atoms. The molecular weight excluding hydrogens is 235 g/mol. The molecule has 1 aliphatic rings. The molecule has 0 saturated heterocycles. The van der Waals surface area contributed by atoms with Gasteiger partial charge in [-0.25, -0.2) is 0 Å². The van der Waals surface area contributed by atoms with Gasteiger partial charge in [0, 0.05) is 12.7 Å². The predicted octanol–water partition coefficient (Wildman–Crippen LogP) is 1.38. The molecule has 0 spiro atoms. The summed E-state index contributed by atoms with van der Waals surface area (Å²) in [6.45, 7) is -0.650. The van der Waals surface area contributed by atoms with Crippen LogP contribution in [0.2, 0.25) is 0 Å². The van der Waals surface area contributed by atoms with E-state index in [1.807, 2.05) is 0 Å². The zero-order valence-electron chi connectivity index (χ0n) is 7.76. The van der Waals surface area contributed by atoms with Crippen LogP contribution in [-0.2, 0) is 4.79 Å². The number of nitrogens with two attached hydrogens (primary N) is 1. The summed E-state index contributed by atoms with van der Waals surface area (Å²) in [6, 6.07) is -5.03. The van der Waals surface area contributed by atoms with E-state index in [0.717, 1.165) is 12.2 Å². The van der Waals surface area contributed by atoms with Gasteiger partial charge in [-0.2, -0.15) is 22.0 Å². The van der Waals surface area contributed by atoms with Crippen molar-refractivity contribution >= 4 is 5.91 Å². The Kier molecular flexibility index (Phi) is 2.93. The Hall–Kier alpha value is -1.60. The third-order valence-corrected chi connectivity index (χ3v) is 1.88. The zero-order valence-corrected chi connectivity index (χ0v) is 7.76. The fourth-order valence-corrected chi connectivity index (χ4v) is 1.06. The van der Waals surface area contributed by atoms with Crippen LogP contribution in [0, 0.1) is 0 Å². The highest BCUT2D eigenvalue weighted by atomic mass is 19.4. The average molecular weight is 242 g/mol. The topological polar surface area (TPSA) is 46.3 Å². The van der Waals surface area contributed by atoms with E-state index in [0.29, 0.717) is 6.20 Å². The number of hydrogen-bond donors (Lipinski definition) is 1. The van der Waals surface area contributed by atoms with Crippen LogP contribution in [0.15, 0.2) is 23.9 Å². The number of rotatable bonds is 2. The van der Waals surface area contributed by atoms with Crippen molar-refractivity contribution in [3.8, 4) is 0 Å². The highest BCUT2D eigenvalue weighted by molar-refractivity contribution is 5.94. The molecule has 0 saturated carbocycles. The molecule has 16 heavy (non-hydrogen) atoms. The molecule has 0 aliphatic carbocycles. The van der Waals surface area contributed by atoms with Crippen LogP contribution in [0.4, 0.5) is 22.0 Å². The Morgan fingerprint density at radius 1 is 1.31 bits per heavy atom. The summed E-state index contributed by atoms with van der Waals surface area (Å²) >= 11 is 0. The maximum Gasteiger partial charge on any atom is 0.475 e. The van der Waals surface area contributed by atoms with Crippen molar-refractivity contribution in [1.82, 2.24) is 4.90 Å². The number of alkyl halides is 5. The van der Waals surface area contributed by atoms with Gasteiger partial charge in [0.05, 0.1) is 5.57 Å². The molecule has 8 heteroatoms. The number of halogens is 5. The second kappa shape index (κ2) is 3.76. The summed E-state index contributed by atoms with van der Waals surface area (Å²) < 4.78 is 61.6. The van der Waals surface area contributed by atoms with Crippen LogP contribution in [0.25, 0.3) is 0 Å².